The standard InChI is InChI=1S/C28H26F2N4O3/c29-21-8-5-19(6-9-21)23-16-25(20-7-10-26-27(15-20)37-18-36-26)34(31-23)28(35)17-32-11-13-33(14-12-32)24-4-2-1-3-22(24)30/h1-10,15,25H,11-14,16-18H2. The third-order valence-electron chi connectivity index (χ3n) is 7.05. The lowest BCUT2D eigenvalue weighted by Crippen LogP contribution is -2.49. The SMILES string of the molecule is O=C(CN1CCN(c2ccccc2F)CC1)N1N=C(c2ccc(F)cc2)CC1c1ccc2c(c1)OCO2. The number of piperazine rings is 1. The van der Waals surface area contributed by atoms with Crippen molar-refractivity contribution >= 4 is 17.3 Å². The topological polar surface area (TPSA) is 57.6 Å². The molecule has 1 atom stereocenters. The second-order valence-electron chi connectivity index (χ2n) is 9.34. The number of nitrogens with zero attached hydrogens (tertiary/aromatic N) is 4. The number of amides is 1. The molecule has 1 saturated heterocycles. The Morgan fingerprint density at radius 2 is 1.68 bits per heavy atom. The fourth-order valence-electron chi connectivity index (χ4n) is 5.06. The van der Waals surface area contributed by atoms with Gasteiger partial charge in [-0.05, 0) is 47.5 Å². The van der Waals surface area contributed by atoms with Crippen LogP contribution in [0.5, 0.6) is 11.5 Å². The van der Waals surface area contributed by atoms with Gasteiger partial charge < -0.3 is 14.4 Å². The Morgan fingerprint density at radius 3 is 2.46 bits per heavy atom. The van der Waals surface area contributed by atoms with Crippen LogP contribution in [0.4, 0.5) is 14.5 Å². The minimum Gasteiger partial charge on any atom is -0.454 e. The number of ether oxygens (including phenoxy) is 2. The van der Waals surface area contributed by atoms with Crippen LogP contribution in [0.3, 0.4) is 0 Å². The lowest BCUT2D eigenvalue weighted by molar-refractivity contribution is -0.134. The van der Waals surface area contributed by atoms with E-state index in [0.29, 0.717) is 49.8 Å². The van der Waals surface area contributed by atoms with Crippen LogP contribution in [0.1, 0.15) is 23.6 Å². The summed E-state index contributed by atoms with van der Waals surface area (Å²) in [6, 6.07) is 18.3. The average Bonchev–Trinajstić information content (AvgIpc) is 3.57. The number of anilines is 1. The molecule has 1 fully saturated rings. The quantitative estimate of drug-likeness (QED) is 0.522. The number of hydrogen-bond acceptors (Lipinski definition) is 6. The molecule has 0 aromatic heterocycles. The first-order valence-corrected chi connectivity index (χ1v) is 12.3. The summed E-state index contributed by atoms with van der Waals surface area (Å²) >= 11 is 0. The number of halogens is 2. The van der Waals surface area contributed by atoms with E-state index in [0.717, 1.165) is 16.8 Å². The van der Waals surface area contributed by atoms with E-state index < -0.39 is 0 Å². The summed E-state index contributed by atoms with van der Waals surface area (Å²) in [7, 11) is 0. The van der Waals surface area contributed by atoms with Crippen molar-refractivity contribution in [3.05, 3.63) is 89.5 Å². The van der Waals surface area contributed by atoms with Crippen molar-refractivity contribution in [1.82, 2.24) is 9.91 Å². The molecule has 3 aliphatic rings. The molecule has 9 heteroatoms. The highest BCUT2D eigenvalue weighted by Crippen LogP contribution is 2.39. The highest BCUT2D eigenvalue weighted by Gasteiger charge is 2.35. The highest BCUT2D eigenvalue weighted by molar-refractivity contribution is 6.03. The first-order chi connectivity index (χ1) is 18.0. The number of rotatable bonds is 5. The van der Waals surface area contributed by atoms with Gasteiger partial charge in [0.25, 0.3) is 5.91 Å². The van der Waals surface area contributed by atoms with E-state index >= 15 is 0 Å². The first-order valence-electron chi connectivity index (χ1n) is 12.3. The maximum atomic E-state index is 14.2. The molecule has 0 bridgehead atoms. The zero-order valence-corrected chi connectivity index (χ0v) is 20.1. The summed E-state index contributed by atoms with van der Waals surface area (Å²) < 4.78 is 38.7. The summed E-state index contributed by atoms with van der Waals surface area (Å²) in [4.78, 5) is 17.6. The number of benzene rings is 3. The fourth-order valence-corrected chi connectivity index (χ4v) is 5.06. The van der Waals surface area contributed by atoms with E-state index in [9.17, 15) is 13.6 Å². The third-order valence-corrected chi connectivity index (χ3v) is 7.05. The maximum absolute atomic E-state index is 14.2. The monoisotopic (exact) mass is 504 g/mol. The van der Waals surface area contributed by atoms with Crippen LogP contribution in [0.25, 0.3) is 0 Å². The summed E-state index contributed by atoms with van der Waals surface area (Å²) in [5.41, 5.74) is 2.98. The van der Waals surface area contributed by atoms with Gasteiger partial charge in [-0.15, -0.1) is 0 Å². The summed E-state index contributed by atoms with van der Waals surface area (Å²) in [6.07, 6.45) is 0.498. The van der Waals surface area contributed by atoms with Gasteiger partial charge in [0.2, 0.25) is 6.79 Å². The van der Waals surface area contributed by atoms with E-state index in [1.54, 1.807) is 29.3 Å². The molecule has 3 aromatic carbocycles. The molecule has 0 aliphatic carbocycles. The van der Waals surface area contributed by atoms with Crippen molar-refractivity contribution in [3.8, 4) is 11.5 Å². The Hall–Kier alpha value is -3.98. The molecule has 0 spiro atoms. The number of carbonyl (C=O) groups is 1. The van der Waals surface area contributed by atoms with E-state index in [2.05, 4.69) is 4.90 Å². The van der Waals surface area contributed by atoms with Gasteiger partial charge in [-0.3, -0.25) is 9.69 Å². The second kappa shape index (κ2) is 9.82. The molecule has 6 rings (SSSR count). The Kier molecular flexibility index (Phi) is 6.21. The maximum Gasteiger partial charge on any atom is 0.257 e. The summed E-state index contributed by atoms with van der Waals surface area (Å²) in [5.74, 6) is 0.631. The van der Waals surface area contributed by atoms with Gasteiger partial charge in [-0.2, -0.15) is 5.10 Å². The molecule has 1 amide bonds. The predicted molar refractivity (Wildman–Crippen MR) is 135 cm³/mol. The number of carbonyl (C=O) groups excluding carboxylic acids is 1. The van der Waals surface area contributed by atoms with Crippen molar-refractivity contribution in [2.24, 2.45) is 5.10 Å². The zero-order valence-electron chi connectivity index (χ0n) is 20.1. The van der Waals surface area contributed by atoms with Gasteiger partial charge in [0.15, 0.2) is 11.5 Å². The van der Waals surface area contributed by atoms with Crippen LogP contribution in [0, 0.1) is 11.6 Å². The average molecular weight is 505 g/mol. The first kappa shape index (κ1) is 23.4. The highest BCUT2D eigenvalue weighted by atomic mass is 19.1. The molecule has 0 N–H and O–H groups in total. The molecule has 3 aromatic rings. The number of hydrazone groups is 1. The molecule has 3 aliphatic heterocycles. The van der Waals surface area contributed by atoms with Gasteiger partial charge in [0.05, 0.1) is 24.0 Å². The largest absolute Gasteiger partial charge is 0.454 e. The number of fused-ring (bicyclic) bond motifs is 1. The van der Waals surface area contributed by atoms with Crippen molar-refractivity contribution in [3.63, 3.8) is 0 Å². The second-order valence-corrected chi connectivity index (χ2v) is 9.34. The van der Waals surface area contributed by atoms with Gasteiger partial charge in [-0.1, -0.05) is 30.3 Å². The number of para-hydroxylation sites is 1. The Balaban J connectivity index is 1.19. The van der Waals surface area contributed by atoms with Gasteiger partial charge >= 0.3 is 0 Å². The molecule has 1 unspecified atom stereocenters. The van der Waals surface area contributed by atoms with Crippen LogP contribution in [0.2, 0.25) is 0 Å². The Morgan fingerprint density at radius 1 is 0.919 bits per heavy atom. The van der Waals surface area contributed by atoms with Crippen LogP contribution in [0.15, 0.2) is 71.8 Å². The van der Waals surface area contributed by atoms with E-state index in [-0.39, 0.29) is 36.9 Å². The molecule has 0 saturated carbocycles. The van der Waals surface area contributed by atoms with Crippen molar-refractivity contribution < 1.29 is 23.0 Å². The number of hydrogen-bond donors (Lipinski definition) is 0. The predicted octanol–water partition coefficient (Wildman–Crippen LogP) is 4.19. The molecule has 3 heterocycles. The van der Waals surface area contributed by atoms with Crippen molar-refractivity contribution in [2.75, 3.05) is 44.4 Å². The summed E-state index contributed by atoms with van der Waals surface area (Å²) in [5, 5.41) is 6.24. The molecule has 7 nitrogen and oxygen atoms in total. The molecular weight excluding hydrogens is 478 g/mol. The van der Waals surface area contributed by atoms with Crippen molar-refractivity contribution in [2.45, 2.75) is 12.5 Å². The normalized spacial score (nSPS) is 19.3. The van der Waals surface area contributed by atoms with E-state index in [4.69, 9.17) is 14.6 Å². The fraction of sp³-hybridized carbons (Fsp3) is 0.286. The van der Waals surface area contributed by atoms with E-state index in [1.165, 1.54) is 18.2 Å². The van der Waals surface area contributed by atoms with Gasteiger partial charge in [0, 0.05) is 32.6 Å². The van der Waals surface area contributed by atoms with Gasteiger partial charge in [-0.25, -0.2) is 13.8 Å². The lowest BCUT2D eigenvalue weighted by atomic mass is 9.98. The molecular formula is C28H26F2N4O3. The van der Waals surface area contributed by atoms with Crippen molar-refractivity contribution in [1.29, 1.82) is 0 Å². The van der Waals surface area contributed by atoms with Gasteiger partial charge in [0.1, 0.15) is 11.6 Å². The molecule has 37 heavy (non-hydrogen) atoms. The van der Waals surface area contributed by atoms with E-state index in [1.807, 2.05) is 29.2 Å². The minimum atomic E-state index is -0.322. The Labute approximate surface area is 213 Å². The zero-order chi connectivity index (χ0) is 25.4. The minimum absolute atomic E-state index is 0.126. The lowest BCUT2D eigenvalue weighted by Gasteiger charge is -2.36. The van der Waals surface area contributed by atoms with Crippen LogP contribution < -0.4 is 14.4 Å². The Bertz CT molecular complexity index is 1340. The molecule has 190 valence electrons. The van der Waals surface area contributed by atoms with Crippen LogP contribution >= 0.6 is 0 Å². The third kappa shape index (κ3) is 4.74. The van der Waals surface area contributed by atoms with Crippen LogP contribution in [-0.2, 0) is 4.79 Å². The van der Waals surface area contributed by atoms with Crippen LogP contribution in [-0.4, -0.2) is 61.0 Å². The smallest absolute Gasteiger partial charge is 0.257 e. The summed E-state index contributed by atoms with van der Waals surface area (Å²) in [6.45, 7) is 2.90. The molecule has 0 radical (unpaired) electrons.